The number of carbonyl (C=O) groups excluding carboxylic acids is 1. The van der Waals surface area contributed by atoms with E-state index in [0.717, 1.165) is 83.5 Å². The van der Waals surface area contributed by atoms with Crippen LogP contribution in [0.1, 0.15) is 245 Å². The smallest absolute Gasteiger partial charge is 0.457 e. The van der Waals surface area contributed by atoms with Gasteiger partial charge in [-0.05, 0) is 64.2 Å². The minimum Gasteiger partial charge on any atom is -0.457 e. The van der Waals surface area contributed by atoms with Crippen LogP contribution in [0.3, 0.4) is 0 Å². The maximum atomic E-state index is 12.7. The number of allylic oxidation sites excluding steroid dienone is 12. The monoisotopic (exact) mass is 946 g/mol. The molecule has 0 aliphatic carbocycles. The van der Waals surface area contributed by atoms with Crippen molar-refractivity contribution in [2.24, 2.45) is 5.73 Å². The third-order valence-corrected chi connectivity index (χ3v) is 12.6. The van der Waals surface area contributed by atoms with Gasteiger partial charge in [0.25, 0.3) is 0 Å². The zero-order valence-corrected chi connectivity index (χ0v) is 43.8. The van der Waals surface area contributed by atoms with Gasteiger partial charge in [0.1, 0.15) is 6.10 Å². The van der Waals surface area contributed by atoms with Crippen molar-refractivity contribution < 1.29 is 32.8 Å². The summed E-state index contributed by atoms with van der Waals surface area (Å²) in [6, 6.07) is 0. The van der Waals surface area contributed by atoms with E-state index >= 15 is 0 Å². The lowest BCUT2D eigenvalue weighted by Crippen LogP contribution is -2.28. The lowest BCUT2D eigenvalue weighted by molar-refractivity contribution is -0.154. The number of phosphoric ester groups is 1. The molecule has 0 aromatic carbocycles. The molecule has 3 N–H and O–H groups in total. The molecule has 0 radical (unpaired) electrons. The number of rotatable bonds is 52. The number of hydrogen-bond acceptors (Lipinski definition) is 7. The summed E-state index contributed by atoms with van der Waals surface area (Å²) in [4.78, 5) is 22.6. The molecule has 0 aromatic rings. The molecule has 2 unspecified atom stereocenters. The summed E-state index contributed by atoms with van der Waals surface area (Å²) < 4.78 is 33.6. The summed E-state index contributed by atoms with van der Waals surface area (Å²) in [5, 5.41) is 0. The fourth-order valence-corrected chi connectivity index (χ4v) is 8.41. The topological polar surface area (TPSA) is 117 Å². The quantitative estimate of drug-likeness (QED) is 0.0268. The normalized spacial score (nSPS) is 13.8. The van der Waals surface area contributed by atoms with E-state index in [1.165, 1.54) is 141 Å². The van der Waals surface area contributed by atoms with Gasteiger partial charge in [-0.3, -0.25) is 13.8 Å². The van der Waals surface area contributed by atoms with Crippen LogP contribution in [0, 0.1) is 0 Å². The summed E-state index contributed by atoms with van der Waals surface area (Å²) in [6.45, 7) is 4.75. The second-order valence-corrected chi connectivity index (χ2v) is 19.5. The second-order valence-electron chi connectivity index (χ2n) is 18.1. The highest BCUT2D eigenvalue weighted by Crippen LogP contribution is 2.43. The maximum Gasteiger partial charge on any atom is 0.472 e. The fraction of sp³-hybridized carbons (Fsp3) is 0.772. The van der Waals surface area contributed by atoms with Crippen LogP contribution in [-0.4, -0.2) is 49.9 Å². The summed E-state index contributed by atoms with van der Waals surface area (Å²) >= 11 is 0. The molecular formula is C57H104NO7P. The number of nitrogens with two attached hydrogens (primary N) is 1. The van der Waals surface area contributed by atoms with E-state index in [1.807, 2.05) is 0 Å². The Bertz CT molecular complexity index is 1250. The highest BCUT2D eigenvalue weighted by molar-refractivity contribution is 7.47. The van der Waals surface area contributed by atoms with Crippen molar-refractivity contribution in [1.29, 1.82) is 0 Å². The summed E-state index contributed by atoms with van der Waals surface area (Å²) in [5.74, 6) is -0.340. The lowest BCUT2D eigenvalue weighted by atomic mass is 10.0. The number of unbranched alkanes of at least 4 members (excludes halogenated alkanes) is 27. The molecule has 8 nitrogen and oxygen atoms in total. The third kappa shape index (κ3) is 52.9. The molecule has 0 saturated carbocycles. The SMILES string of the molecule is CC/C=C\C/C=C\C/C=C\C/C=C\C/C=C\C/C=C\CCCCCOCC(COP(=O)(O)OCCN)OC(=O)CCCCCCCCCCCCCCCCCCCCCCCCCCC. The van der Waals surface area contributed by atoms with Crippen molar-refractivity contribution in [3.63, 3.8) is 0 Å². The van der Waals surface area contributed by atoms with Gasteiger partial charge in [0.05, 0.1) is 19.8 Å². The molecule has 66 heavy (non-hydrogen) atoms. The van der Waals surface area contributed by atoms with Gasteiger partial charge in [0.2, 0.25) is 0 Å². The van der Waals surface area contributed by atoms with E-state index in [1.54, 1.807) is 0 Å². The molecule has 9 heteroatoms. The number of ether oxygens (including phenoxy) is 2. The molecule has 2 atom stereocenters. The molecule has 0 fully saturated rings. The van der Waals surface area contributed by atoms with Crippen LogP contribution in [-0.2, 0) is 27.9 Å². The van der Waals surface area contributed by atoms with Gasteiger partial charge >= 0.3 is 13.8 Å². The first-order valence-corrected chi connectivity index (χ1v) is 28.9. The minimum absolute atomic E-state index is 0.0924. The first kappa shape index (κ1) is 63.9. The van der Waals surface area contributed by atoms with Crippen molar-refractivity contribution in [3.8, 4) is 0 Å². The van der Waals surface area contributed by atoms with Gasteiger partial charge < -0.3 is 20.1 Å². The Labute approximate surface area is 407 Å². The molecule has 0 saturated heterocycles. The summed E-state index contributed by atoms with van der Waals surface area (Å²) in [5.41, 5.74) is 5.39. The zero-order chi connectivity index (χ0) is 48.0. The van der Waals surface area contributed by atoms with Crippen LogP contribution in [0.4, 0.5) is 0 Å². The molecule has 0 rings (SSSR count). The third-order valence-electron chi connectivity index (χ3n) is 11.6. The highest BCUT2D eigenvalue weighted by Gasteiger charge is 2.25. The molecule has 0 aromatic heterocycles. The Morgan fingerprint density at radius 2 is 0.848 bits per heavy atom. The number of carbonyl (C=O) groups is 1. The van der Waals surface area contributed by atoms with Gasteiger partial charge in [0.15, 0.2) is 0 Å². The Morgan fingerprint density at radius 3 is 1.26 bits per heavy atom. The number of hydrogen-bond donors (Lipinski definition) is 2. The predicted octanol–water partition coefficient (Wildman–Crippen LogP) is 17.4. The van der Waals surface area contributed by atoms with Gasteiger partial charge in [0, 0.05) is 19.6 Å². The van der Waals surface area contributed by atoms with Gasteiger partial charge in [-0.25, -0.2) is 4.57 Å². The maximum absolute atomic E-state index is 12.7. The van der Waals surface area contributed by atoms with E-state index in [2.05, 4.69) is 86.8 Å². The van der Waals surface area contributed by atoms with Crippen LogP contribution in [0.5, 0.6) is 0 Å². The molecular weight excluding hydrogens is 842 g/mol. The predicted molar refractivity (Wildman–Crippen MR) is 284 cm³/mol. The van der Waals surface area contributed by atoms with E-state index in [4.69, 9.17) is 24.3 Å². The second kappa shape index (κ2) is 53.9. The van der Waals surface area contributed by atoms with Gasteiger partial charge in [-0.2, -0.15) is 0 Å². The van der Waals surface area contributed by atoms with Crippen LogP contribution >= 0.6 is 7.82 Å². The van der Waals surface area contributed by atoms with Crippen molar-refractivity contribution in [3.05, 3.63) is 72.9 Å². The molecule has 0 heterocycles. The zero-order valence-electron chi connectivity index (χ0n) is 42.9. The average Bonchev–Trinajstić information content (AvgIpc) is 3.31. The first-order chi connectivity index (χ1) is 32.4. The highest BCUT2D eigenvalue weighted by atomic mass is 31.2. The average molecular weight is 946 g/mol. The standard InChI is InChI=1S/C57H104NO7P/c1-3-5-7-9-11-13-15-17-19-21-23-25-27-28-29-30-32-34-36-38-40-42-44-46-48-50-57(59)65-56(55-64-66(60,61)63-53-51-58)54-62-52-49-47-45-43-41-39-37-35-33-31-26-24-22-20-18-16-14-12-10-8-6-4-2/h6,8,12,14,18,20,24,26,33,35,39,41,56H,3-5,7,9-11,13,15-17,19,21-23,25,27-32,34,36-38,40,42-55,58H2,1-2H3,(H,60,61)/b8-6-,14-12-,20-18-,26-24-,35-33-,41-39-. The van der Waals surface area contributed by atoms with E-state index < -0.39 is 13.9 Å². The molecule has 0 aliphatic heterocycles. The van der Waals surface area contributed by atoms with Crippen LogP contribution in [0.15, 0.2) is 72.9 Å². The van der Waals surface area contributed by atoms with Gasteiger partial charge in [-0.15, -0.1) is 0 Å². The lowest BCUT2D eigenvalue weighted by Gasteiger charge is -2.20. The minimum atomic E-state index is -4.30. The Kier molecular flexibility index (Phi) is 52.2. The van der Waals surface area contributed by atoms with Crippen molar-refractivity contribution in [1.82, 2.24) is 0 Å². The molecule has 0 spiro atoms. The van der Waals surface area contributed by atoms with E-state index in [9.17, 15) is 14.3 Å². The van der Waals surface area contributed by atoms with Gasteiger partial charge in [-0.1, -0.05) is 247 Å². The molecule has 0 amide bonds. The van der Waals surface area contributed by atoms with Crippen molar-refractivity contribution in [2.75, 3.05) is 33.0 Å². The largest absolute Gasteiger partial charge is 0.472 e. The van der Waals surface area contributed by atoms with E-state index in [-0.39, 0.29) is 32.3 Å². The van der Waals surface area contributed by atoms with Crippen LogP contribution in [0.2, 0.25) is 0 Å². The fourth-order valence-electron chi connectivity index (χ4n) is 7.65. The Morgan fingerprint density at radius 1 is 0.470 bits per heavy atom. The summed E-state index contributed by atoms with van der Waals surface area (Å²) in [7, 11) is -4.30. The molecule has 384 valence electrons. The molecule has 0 bridgehead atoms. The van der Waals surface area contributed by atoms with Crippen LogP contribution < -0.4 is 5.73 Å². The number of phosphoric acid groups is 1. The number of esters is 1. The molecule has 0 aliphatic rings. The van der Waals surface area contributed by atoms with Crippen molar-refractivity contribution in [2.45, 2.75) is 251 Å². The Hall–Kier alpha value is -2.06. The summed E-state index contributed by atoms with van der Waals surface area (Å²) in [6.07, 6.45) is 69.6. The van der Waals surface area contributed by atoms with E-state index in [0.29, 0.717) is 13.0 Å². The first-order valence-electron chi connectivity index (χ1n) is 27.4. The van der Waals surface area contributed by atoms with Crippen molar-refractivity contribution >= 4 is 13.8 Å². The Balaban J connectivity index is 3.96. The van der Waals surface area contributed by atoms with Crippen LogP contribution in [0.25, 0.3) is 0 Å².